The summed E-state index contributed by atoms with van der Waals surface area (Å²) in [5, 5.41) is 6.07. The molecule has 1 amide bonds. The van der Waals surface area contributed by atoms with Crippen molar-refractivity contribution < 1.29 is 17.9 Å². The number of anilines is 1. The van der Waals surface area contributed by atoms with E-state index >= 15 is 0 Å². The summed E-state index contributed by atoms with van der Waals surface area (Å²) in [6.07, 6.45) is 2.02. The predicted molar refractivity (Wildman–Crippen MR) is 103 cm³/mol. The van der Waals surface area contributed by atoms with Crippen LogP contribution in [0.5, 0.6) is 11.5 Å². The second-order valence-corrected chi connectivity index (χ2v) is 8.06. The van der Waals surface area contributed by atoms with Crippen LogP contribution in [0, 0.1) is 5.92 Å². The van der Waals surface area contributed by atoms with Gasteiger partial charge in [-0.05, 0) is 61.5 Å². The third-order valence-electron chi connectivity index (χ3n) is 4.04. The minimum Gasteiger partial charge on any atom is -0.457 e. The molecule has 0 radical (unpaired) electrons. The van der Waals surface area contributed by atoms with Crippen LogP contribution < -0.4 is 15.4 Å². The fraction of sp³-hybridized carbons (Fsp3) is 0.278. The average molecular weight is 397 g/mol. The van der Waals surface area contributed by atoms with Crippen molar-refractivity contribution in [2.75, 3.05) is 24.7 Å². The Morgan fingerprint density at radius 2 is 1.65 bits per heavy atom. The highest BCUT2D eigenvalue weighted by atomic mass is 35.5. The van der Waals surface area contributed by atoms with E-state index in [-0.39, 0.29) is 29.1 Å². The molecular weight excluding hydrogens is 376 g/mol. The molecule has 2 N–H and O–H groups in total. The van der Waals surface area contributed by atoms with E-state index in [1.54, 1.807) is 36.4 Å². The summed E-state index contributed by atoms with van der Waals surface area (Å²) in [4.78, 5) is 12.3. The van der Waals surface area contributed by atoms with Gasteiger partial charge in [-0.2, -0.15) is 0 Å². The fourth-order valence-electron chi connectivity index (χ4n) is 2.62. The van der Waals surface area contributed by atoms with Crippen LogP contribution in [0.3, 0.4) is 0 Å². The maximum atomic E-state index is 12.1. The van der Waals surface area contributed by atoms with Gasteiger partial charge in [-0.1, -0.05) is 0 Å². The zero-order valence-corrected chi connectivity index (χ0v) is 15.9. The molecule has 2 aromatic carbocycles. The molecule has 0 aromatic heterocycles. The van der Waals surface area contributed by atoms with Gasteiger partial charge in [0.15, 0.2) is 9.84 Å². The molecular formula is C18H21ClN2O4S. The van der Waals surface area contributed by atoms with Gasteiger partial charge in [-0.25, -0.2) is 8.42 Å². The second-order valence-electron chi connectivity index (χ2n) is 6.05. The van der Waals surface area contributed by atoms with Gasteiger partial charge in [0.25, 0.3) is 0 Å². The van der Waals surface area contributed by atoms with Crippen molar-refractivity contribution in [3.8, 4) is 11.5 Å². The predicted octanol–water partition coefficient (Wildman–Crippen LogP) is 2.85. The third kappa shape index (κ3) is 5.20. The number of carbonyl (C=O) groups is 1. The molecule has 1 fully saturated rings. The monoisotopic (exact) mass is 396 g/mol. The summed E-state index contributed by atoms with van der Waals surface area (Å²) < 4.78 is 28.6. The van der Waals surface area contributed by atoms with E-state index in [1.807, 2.05) is 0 Å². The minimum atomic E-state index is -3.22. The lowest BCUT2D eigenvalue weighted by Crippen LogP contribution is -2.24. The first-order valence-electron chi connectivity index (χ1n) is 8.01. The van der Waals surface area contributed by atoms with Crippen LogP contribution in [0.4, 0.5) is 5.69 Å². The van der Waals surface area contributed by atoms with E-state index in [2.05, 4.69) is 10.6 Å². The van der Waals surface area contributed by atoms with Gasteiger partial charge >= 0.3 is 0 Å². The molecule has 0 bridgehead atoms. The summed E-state index contributed by atoms with van der Waals surface area (Å²) in [7, 11) is -3.22. The Morgan fingerprint density at radius 3 is 2.15 bits per heavy atom. The van der Waals surface area contributed by atoms with E-state index in [9.17, 15) is 13.2 Å². The molecule has 6 nitrogen and oxygen atoms in total. The Balaban J connectivity index is 0.00000243. The number of rotatable bonds is 5. The van der Waals surface area contributed by atoms with Crippen molar-refractivity contribution in [2.45, 2.75) is 11.3 Å². The van der Waals surface area contributed by atoms with Crippen molar-refractivity contribution in [1.29, 1.82) is 0 Å². The summed E-state index contributed by atoms with van der Waals surface area (Å²) in [5.41, 5.74) is 0.719. The highest BCUT2D eigenvalue weighted by molar-refractivity contribution is 7.90. The number of hydrogen-bond donors (Lipinski definition) is 2. The quantitative estimate of drug-likeness (QED) is 0.811. The molecule has 1 unspecified atom stereocenters. The molecule has 0 spiro atoms. The average Bonchev–Trinajstić information content (AvgIpc) is 3.11. The first-order chi connectivity index (χ1) is 11.9. The first kappa shape index (κ1) is 20.2. The number of amides is 1. The number of benzene rings is 2. The number of sulfone groups is 1. The van der Waals surface area contributed by atoms with E-state index in [1.165, 1.54) is 12.1 Å². The second kappa shape index (κ2) is 8.53. The molecule has 0 saturated carbocycles. The van der Waals surface area contributed by atoms with Crippen molar-refractivity contribution in [3.63, 3.8) is 0 Å². The molecule has 3 rings (SSSR count). The van der Waals surface area contributed by atoms with E-state index in [0.717, 1.165) is 31.5 Å². The summed E-state index contributed by atoms with van der Waals surface area (Å²) >= 11 is 0. The van der Waals surface area contributed by atoms with E-state index in [4.69, 9.17) is 4.74 Å². The molecule has 26 heavy (non-hydrogen) atoms. The van der Waals surface area contributed by atoms with Crippen LogP contribution in [0.15, 0.2) is 53.4 Å². The number of halogens is 1. The number of ether oxygens (including phenoxy) is 1. The van der Waals surface area contributed by atoms with Crippen molar-refractivity contribution >= 4 is 33.8 Å². The van der Waals surface area contributed by atoms with Crippen LogP contribution >= 0.6 is 12.4 Å². The fourth-order valence-corrected chi connectivity index (χ4v) is 3.25. The van der Waals surface area contributed by atoms with Crippen molar-refractivity contribution in [2.24, 2.45) is 5.92 Å². The van der Waals surface area contributed by atoms with Crippen LogP contribution in [0.25, 0.3) is 0 Å². The third-order valence-corrected chi connectivity index (χ3v) is 5.17. The smallest absolute Gasteiger partial charge is 0.228 e. The Hall–Kier alpha value is -2.09. The largest absolute Gasteiger partial charge is 0.457 e. The molecule has 1 saturated heterocycles. The molecule has 1 aliphatic heterocycles. The lowest BCUT2D eigenvalue weighted by Gasteiger charge is -2.11. The summed E-state index contributed by atoms with van der Waals surface area (Å²) in [6.45, 7) is 1.60. The number of carbonyl (C=O) groups excluding carboxylic acids is 1. The molecule has 140 valence electrons. The van der Waals surface area contributed by atoms with Gasteiger partial charge in [0.2, 0.25) is 5.91 Å². The van der Waals surface area contributed by atoms with Gasteiger partial charge in [-0.3, -0.25) is 4.79 Å². The lowest BCUT2D eigenvalue weighted by atomic mass is 10.1. The van der Waals surface area contributed by atoms with Gasteiger partial charge in [0.05, 0.1) is 10.8 Å². The molecule has 8 heteroatoms. The van der Waals surface area contributed by atoms with Gasteiger partial charge in [0, 0.05) is 18.5 Å². The molecule has 2 aromatic rings. The Bertz CT molecular complexity index is 846. The summed E-state index contributed by atoms with van der Waals surface area (Å²) in [5.74, 6) is 1.19. The molecule has 1 atom stereocenters. The van der Waals surface area contributed by atoms with Gasteiger partial charge < -0.3 is 15.4 Å². The van der Waals surface area contributed by atoms with E-state index in [0.29, 0.717) is 11.5 Å². The van der Waals surface area contributed by atoms with Crippen molar-refractivity contribution in [3.05, 3.63) is 48.5 Å². The number of nitrogens with one attached hydrogen (secondary N) is 2. The lowest BCUT2D eigenvalue weighted by molar-refractivity contribution is -0.119. The topological polar surface area (TPSA) is 84.5 Å². The van der Waals surface area contributed by atoms with Crippen LogP contribution in [0.1, 0.15) is 6.42 Å². The van der Waals surface area contributed by atoms with Crippen LogP contribution in [-0.4, -0.2) is 33.7 Å². The highest BCUT2D eigenvalue weighted by Crippen LogP contribution is 2.24. The Morgan fingerprint density at radius 1 is 1.08 bits per heavy atom. The SMILES string of the molecule is CS(=O)(=O)c1ccc(Oc2ccc(NC(=O)C3CCNC3)cc2)cc1.Cl. The Kier molecular flexibility index (Phi) is 6.63. The maximum Gasteiger partial charge on any atom is 0.228 e. The van der Waals surface area contributed by atoms with Gasteiger partial charge in [-0.15, -0.1) is 12.4 Å². The standard InChI is InChI=1S/C18H20N2O4S.ClH/c1-25(22,23)17-8-6-16(7-9-17)24-15-4-2-14(3-5-15)20-18(21)13-10-11-19-12-13;/h2-9,13,19H,10-12H2,1H3,(H,20,21);1H. The molecule has 0 aliphatic carbocycles. The van der Waals surface area contributed by atoms with Crippen LogP contribution in [-0.2, 0) is 14.6 Å². The van der Waals surface area contributed by atoms with E-state index < -0.39 is 9.84 Å². The zero-order chi connectivity index (χ0) is 17.9. The van der Waals surface area contributed by atoms with Crippen molar-refractivity contribution in [1.82, 2.24) is 5.32 Å². The number of hydrogen-bond acceptors (Lipinski definition) is 5. The Labute approximate surface area is 159 Å². The maximum absolute atomic E-state index is 12.1. The zero-order valence-electron chi connectivity index (χ0n) is 14.3. The summed E-state index contributed by atoms with van der Waals surface area (Å²) in [6, 6.07) is 13.3. The first-order valence-corrected chi connectivity index (χ1v) is 9.90. The molecule has 1 heterocycles. The molecule has 1 aliphatic rings. The van der Waals surface area contributed by atoms with Gasteiger partial charge in [0.1, 0.15) is 11.5 Å². The minimum absolute atomic E-state index is 0. The highest BCUT2D eigenvalue weighted by Gasteiger charge is 2.22. The normalized spacial score (nSPS) is 16.6. The van der Waals surface area contributed by atoms with Crippen LogP contribution in [0.2, 0.25) is 0 Å².